The second-order valence-electron chi connectivity index (χ2n) is 6.53. The maximum atomic E-state index is 12.7. The van der Waals surface area contributed by atoms with Crippen LogP contribution >= 0.6 is 11.8 Å². The normalized spacial score (nSPS) is 13.3. The second kappa shape index (κ2) is 7.49. The largest absolute Gasteiger partial charge is 0.416 e. The summed E-state index contributed by atoms with van der Waals surface area (Å²) < 4.78 is 38.1. The van der Waals surface area contributed by atoms with Gasteiger partial charge in [0.05, 0.1) is 16.8 Å². The minimum Gasteiger partial charge on any atom is -0.322 e. The zero-order valence-corrected chi connectivity index (χ0v) is 16.3. The van der Waals surface area contributed by atoms with E-state index in [1.54, 1.807) is 43.6 Å². The first-order valence-corrected chi connectivity index (χ1v) is 9.59. The Hall–Kier alpha value is -3.33. The van der Waals surface area contributed by atoms with Gasteiger partial charge in [-0.05, 0) is 54.6 Å². The van der Waals surface area contributed by atoms with Crippen LogP contribution in [0.15, 0.2) is 70.7 Å². The molecule has 0 saturated heterocycles. The molecule has 0 unspecified atom stereocenters. The zero-order chi connectivity index (χ0) is 21.5. The highest BCUT2D eigenvalue weighted by atomic mass is 32.2. The van der Waals surface area contributed by atoms with Crippen molar-refractivity contribution in [2.75, 3.05) is 17.3 Å². The standard InChI is InChI=1S/C21H14F3N3O2S/c1-27-16-9-8-14(11-17(16)30-19-15(20(27)29)3-2-10-25-19)26-18(28)12-4-6-13(7-5-12)21(22,23)24/h2-11H,1H3,(H,26,28). The third kappa shape index (κ3) is 3.76. The third-order valence-corrected chi connectivity index (χ3v) is 5.63. The van der Waals surface area contributed by atoms with Gasteiger partial charge in [-0.2, -0.15) is 13.2 Å². The topological polar surface area (TPSA) is 62.3 Å². The van der Waals surface area contributed by atoms with Crippen LogP contribution in [0, 0.1) is 0 Å². The summed E-state index contributed by atoms with van der Waals surface area (Å²) in [6.45, 7) is 0. The van der Waals surface area contributed by atoms with Crippen LogP contribution in [0.3, 0.4) is 0 Å². The molecule has 30 heavy (non-hydrogen) atoms. The highest BCUT2D eigenvalue weighted by Crippen LogP contribution is 2.41. The Morgan fingerprint density at radius 1 is 1.10 bits per heavy atom. The van der Waals surface area contributed by atoms with Crippen molar-refractivity contribution in [3.8, 4) is 0 Å². The third-order valence-electron chi connectivity index (χ3n) is 4.57. The first kappa shape index (κ1) is 20.0. The number of hydrogen-bond donors (Lipinski definition) is 1. The van der Waals surface area contributed by atoms with Gasteiger partial charge in [-0.1, -0.05) is 11.8 Å². The van der Waals surface area contributed by atoms with E-state index in [0.717, 1.165) is 24.3 Å². The molecule has 1 aliphatic rings. The Kier molecular flexibility index (Phi) is 4.98. The van der Waals surface area contributed by atoms with Crippen molar-refractivity contribution in [3.63, 3.8) is 0 Å². The van der Waals surface area contributed by atoms with E-state index in [0.29, 0.717) is 26.9 Å². The fourth-order valence-corrected chi connectivity index (χ4v) is 4.08. The van der Waals surface area contributed by atoms with Crippen LogP contribution in [0.4, 0.5) is 24.5 Å². The molecule has 2 aromatic carbocycles. The summed E-state index contributed by atoms with van der Waals surface area (Å²) in [5, 5.41) is 3.23. The molecule has 5 nitrogen and oxygen atoms in total. The van der Waals surface area contributed by atoms with Gasteiger partial charge in [0.25, 0.3) is 11.8 Å². The van der Waals surface area contributed by atoms with Crippen molar-refractivity contribution in [2.24, 2.45) is 0 Å². The fourth-order valence-electron chi connectivity index (χ4n) is 2.99. The molecule has 1 aromatic heterocycles. The summed E-state index contributed by atoms with van der Waals surface area (Å²) in [5.74, 6) is -0.726. The minimum atomic E-state index is -4.46. The van der Waals surface area contributed by atoms with Gasteiger partial charge in [-0.3, -0.25) is 9.59 Å². The molecule has 152 valence electrons. The summed E-state index contributed by atoms with van der Waals surface area (Å²) in [5.41, 5.74) is 0.878. The van der Waals surface area contributed by atoms with Gasteiger partial charge in [0, 0.05) is 29.4 Å². The number of fused-ring (bicyclic) bond motifs is 2. The van der Waals surface area contributed by atoms with Crippen LogP contribution in [0.1, 0.15) is 26.3 Å². The van der Waals surface area contributed by atoms with Crippen LogP contribution < -0.4 is 10.2 Å². The molecular weight excluding hydrogens is 415 g/mol. The molecular formula is C21H14F3N3O2S. The Morgan fingerprint density at radius 2 is 1.83 bits per heavy atom. The maximum absolute atomic E-state index is 12.7. The molecule has 0 fully saturated rings. The molecule has 4 rings (SSSR count). The number of aromatic nitrogens is 1. The lowest BCUT2D eigenvalue weighted by Gasteiger charge is -2.18. The van der Waals surface area contributed by atoms with Gasteiger partial charge in [0.15, 0.2) is 0 Å². The summed E-state index contributed by atoms with van der Waals surface area (Å²) >= 11 is 1.30. The van der Waals surface area contributed by atoms with Crippen molar-refractivity contribution in [1.29, 1.82) is 0 Å². The molecule has 9 heteroatoms. The number of nitrogens with zero attached hydrogens (tertiary/aromatic N) is 2. The zero-order valence-electron chi connectivity index (χ0n) is 15.5. The van der Waals surface area contributed by atoms with Crippen LogP contribution in [0.5, 0.6) is 0 Å². The van der Waals surface area contributed by atoms with E-state index in [4.69, 9.17) is 0 Å². The van der Waals surface area contributed by atoms with Gasteiger partial charge in [-0.15, -0.1) is 0 Å². The molecule has 0 saturated carbocycles. The number of benzene rings is 2. The average Bonchev–Trinajstić information content (AvgIpc) is 2.82. The Balaban J connectivity index is 1.60. The number of amides is 2. The number of alkyl halides is 3. The van der Waals surface area contributed by atoms with E-state index in [9.17, 15) is 22.8 Å². The van der Waals surface area contributed by atoms with Gasteiger partial charge in [-0.25, -0.2) is 4.98 Å². The second-order valence-corrected chi connectivity index (χ2v) is 7.56. The quantitative estimate of drug-likeness (QED) is 0.616. The van der Waals surface area contributed by atoms with E-state index < -0.39 is 17.6 Å². The molecule has 0 aliphatic carbocycles. The number of anilines is 2. The van der Waals surface area contributed by atoms with Crippen molar-refractivity contribution in [1.82, 2.24) is 4.98 Å². The molecule has 1 aliphatic heterocycles. The Bertz CT molecular complexity index is 1150. The molecule has 1 N–H and O–H groups in total. The van der Waals surface area contributed by atoms with E-state index >= 15 is 0 Å². The summed E-state index contributed by atoms with van der Waals surface area (Å²) in [4.78, 5) is 31.6. The lowest BCUT2D eigenvalue weighted by Crippen LogP contribution is -2.26. The Morgan fingerprint density at radius 3 is 2.53 bits per heavy atom. The maximum Gasteiger partial charge on any atom is 0.416 e. The van der Waals surface area contributed by atoms with E-state index in [2.05, 4.69) is 10.3 Å². The van der Waals surface area contributed by atoms with Crippen LogP contribution in [0.2, 0.25) is 0 Å². The lowest BCUT2D eigenvalue weighted by molar-refractivity contribution is -0.137. The smallest absolute Gasteiger partial charge is 0.322 e. The van der Waals surface area contributed by atoms with Crippen LogP contribution in [-0.4, -0.2) is 23.8 Å². The number of carbonyl (C=O) groups excluding carboxylic acids is 2. The Labute approximate surface area is 173 Å². The van der Waals surface area contributed by atoms with Gasteiger partial charge in [0.1, 0.15) is 5.03 Å². The predicted octanol–water partition coefficient (Wildman–Crippen LogP) is 5.09. The lowest BCUT2D eigenvalue weighted by atomic mass is 10.1. The van der Waals surface area contributed by atoms with Crippen molar-refractivity contribution in [2.45, 2.75) is 16.1 Å². The summed E-state index contributed by atoms with van der Waals surface area (Å²) in [6.07, 6.45) is -2.86. The highest BCUT2D eigenvalue weighted by molar-refractivity contribution is 7.99. The number of nitrogens with one attached hydrogen (secondary N) is 1. The van der Waals surface area contributed by atoms with Crippen molar-refractivity contribution >= 4 is 35.0 Å². The SMILES string of the molecule is CN1C(=O)c2cccnc2Sc2cc(NC(=O)c3ccc(C(F)(F)F)cc3)ccc21. The molecule has 0 radical (unpaired) electrons. The number of hydrogen-bond acceptors (Lipinski definition) is 4. The molecule has 3 aromatic rings. The number of carbonyl (C=O) groups is 2. The average molecular weight is 429 g/mol. The van der Waals surface area contributed by atoms with Gasteiger partial charge in [0.2, 0.25) is 0 Å². The first-order chi connectivity index (χ1) is 14.2. The van der Waals surface area contributed by atoms with Gasteiger partial charge >= 0.3 is 6.18 Å². The molecule has 0 bridgehead atoms. The minimum absolute atomic E-state index is 0.102. The summed E-state index contributed by atoms with van der Waals surface area (Å²) in [6, 6.07) is 12.4. The first-order valence-electron chi connectivity index (χ1n) is 8.77. The van der Waals surface area contributed by atoms with Gasteiger partial charge < -0.3 is 10.2 Å². The number of halogens is 3. The van der Waals surface area contributed by atoms with Crippen molar-refractivity contribution in [3.05, 3.63) is 77.5 Å². The number of pyridine rings is 1. The highest BCUT2D eigenvalue weighted by Gasteiger charge is 2.30. The van der Waals surface area contributed by atoms with Crippen LogP contribution in [-0.2, 0) is 6.18 Å². The van der Waals surface area contributed by atoms with E-state index in [-0.39, 0.29) is 11.5 Å². The van der Waals surface area contributed by atoms with Crippen molar-refractivity contribution < 1.29 is 22.8 Å². The number of rotatable bonds is 2. The summed E-state index contributed by atoms with van der Waals surface area (Å²) in [7, 11) is 1.66. The fraction of sp³-hybridized carbons (Fsp3) is 0.0952. The predicted molar refractivity (Wildman–Crippen MR) is 107 cm³/mol. The molecule has 2 heterocycles. The van der Waals surface area contributed by atoms with Crippen LogP contribution in [0.25, 0.3) is 0 Å². The molecule has 0 spiro atoms. The monoisotopic (exact) mass is 429 g/mol. The molecule has 2 amide bonds. The van der Waals surface area contributed by atoms with E-state index in [1.165, 1.54) is 16.7 Å². The molecule has 0 atom stereocenters. The van der Waals surface area contributed by atoms with E-state index in [1.807, 2.05) is 0 Å².